The normalized spacial score (nSPS) is 23.5. The molecule has 1 aromatic carbocycles. The van der Waals surface area contributed by atoms with Gasteiger partial charge in [-0.15, -0.1) is 0 Å². The van der Waals surface area contributed by atoms with Gasteiger partial charge < -0.3 is 10.1 Å². The largest absolute Gasteiger partial charge is 0.384 e. The molecule has 1 aromatic rings. The first-order chi connectivity index (χ1) is 8.99. The summed E-state index contributed by atoms with van der Waals surface area (Å²) in [6, 6.07) is 7.68. The van der Waals surface area contributed by atoms with E-state index in [1.165, 1.54) is 0 Å². The quantitative estimate of drug-likeness (QED) is 0.888. The second-order valence-corrected chi connectivity index (χ2v) is 7.96. The van der Waals surface area contributed by atoms with Crippen LogP contribution in [0.25, 0.3) is 0 Å². The van der Waals surface area contributed by atoms with Crippen LogP contribution in [-0.2, 0) is 14.6 Å². The summed E-state index contributed by atoms with van der Waals surface area (Å²) in [6.45, 7) is 2.79. The summed E-state index contributed by atoms with van der Waals surface area (Å²) in [7, 11) is -3.09. The predicted octanol–water partition coefficient (Wildman–Crippen LogP) is 2.45. The number of anilines is 1. The first kappa shape index (κ1) is 14.8. The van der Waals surface area contributed by atoms with E-state index in [2.05, 4.69) is 21.2 Å². The third-order valence-corrected chi connectivity index (χ3v) is 6.12. The summed E-state index contributed by atoms with van der Waals surface area (Å²) >= 11 is 3.38. The monoisotopic (exact) mass is 347 g/mol. The van der Waals surface area contributed by atoms with E-state index in [1.807, 2.05) is 31.2 Å². The maximum Gasteiger partial charge on any atom is 0.157 e. The molecule has 2 atom stereocenters. The summed E-state index contributed by atoms with van der Waals surface area (Å²) in [5, 5.41) is 2.78. The number of rotatable bonds is 5. The number of ether oxygens (including phenoxy) is 1. The lowest BCUT2D eigenvalue weighted by Gasteiger charge is -2.15. The lowest BCUT2D eigenvalue weighted by Crippen LogP contribution is -2.32. The van der Waals surface area contributed by atoms with Crippen LogP contribution in [0.3, 0.4) is 0 Å². The van der Waals surface area contributed by atoms with Gasteiger partial charge in [0.05, 0.1) is 17.1 Å². The van der Waals surface area contributed by atoms with E-state index in [0.717, 1.165) is 10.2 Å². The van der Waals surface area contributed by atoms with Gasteiger partial charge in [-0.3, -0.25) is 0 Å². The Morgan fingerprint density at radius 3 is 2.89 bits per heavy atom. The molecule has 1 aliphatic rings. The molecule has 0 bridgehead atoms. The summed E-state index contributed by atoms with van der Waals surface area (Å²) in [5.41, 5.74) is 0.917. The van der Waals surface area contributed by atoms with Crippen LogP contribution in [0.4, 0.5) is 5.69 Å². The lowest BCUT2D eigenvalue weighted by atomic mass is 10.3. The van der Waals surface area contributed by atoms with Crippen LogP contribution >= 0.6 is 15.9 Å². The molecule has 2 unspecified atom stereocenters. The molecule has 6 heteroatoms. The molecule has 0 spiro atoms. The Hall–Kier alpha value is -0.590. The summed E-state index contributed by atoms with van der Waals surface area (Å²) in [5.74, 6) is 0.137. The minimum atomic E-state index is -3.09. The van der Waals surface area contributed by atoms with Crippen molar-refractivity contribution in [3.63, 3.8) is 0 Å². The number of hydrogen-bond acceptors (Lipinski definition) is 4. The van der Waals surface area contributed by atoms with Crippen molar-refractivity contribution in [1.29, 1.82) is 0 Å². The van der Waals surface area contributed by atoms with Crippen molar-refractivity contribution in [3.05, 3.63) is 28.7 Å². The van der Waals surface area contributed by atoms with Crippen molar-refractivity contribution in [2.24, 2.45) is 0 Å². The highest BCUT2D eigenvalue weighted by molar-refractivity contribution is 9.10. The lowest BCUT2D eigenvalue weighted by molar-refractivity contribution is 0.126. The van der Waals surface area contributed by atoms with E-state index in [1.54, 1.807) is 0 Å². The average Bonchev–Trinajstić information content (AvgIpc) is 2.76. The van der Waals surface area contributed by atoms with Gasteiger partial charge in [-0.2, -0.15) is 0 Å². The van der Waals surface area contributed by atoms with Gasteiger partial charge in [-0.25, -0.2) is 8.42 Å². The molecule has 4 nitrogen and oxygen atoms in total. The molecule has 0 radical (unpaired) electrons. The molecule has 106 valence electrons. The summed E-state index contributed by atoms with van der Waals surface area (Å²) in [6.07, 6.45) is 0.427. The molecular formula is C13H18BrNO3S. The van der Waals surface area contributed by atoms with Gasteiger partial charge in [0.2, 0.25) is 0 Å². The van der Waals surface area contributed by atoms with E-state index in [0.29, 0.717) is 19.6 Å². The highest BCUT2D eigenvalue weighted by Gasteiger charge is 2.35. The average molecular weight is 348 g/mol. The van der Waals surface area contributed by atoms with Crippen molar-refractivity contribution in [1.82, 2.24) is 0 Å². The van der Waals surface area contributed by atoms with E-state index in [4.69, 9.17) is 4.74 Å². The van der Waals surface area contributed by atoms with Gasteiger partial charge in [-0.1, -0.05) is 22.0 Å². The highest BCUT2D eigenvalue weighted by atomic mass is 79.9. The molecule has 1 saturated heterocycles. The van der Waals surface area contributed by atoms with Crippen LogP contribution in [0.2, 0.25) is 0 Å². The topological polar surface area (TPSA) is 55.4 Å². The van der Waals surface area contributed by atoms with Crippen LogP contribution in [-0.4, -0.2) is 38.7 Å². The maximum atomic E-state index is 12.2. The molecule has 1 N–H and O–H groups in total. The molecular weight excluding hydrogens is 330 g/mol. The Morgan fingerprint density at radius 1 is 1.47 bits per heavy atom. The molecule has 1 aliphatic heterocycles. The molecule has 1 fully saturated rings. The molecule has 0 amide bonds. The number of sulfone groups is 1. The van der Waals surface area contributed by atoms with Gasteiger partial charge in [0.1, 0.15) is 0 Å². The fourth-order valence-electron chi connectivity index (χ4n) is 2.27. The van der Waals surface area contributed by atoms with Crippen LogP contribution in [0.5, 0.6) is 0 Å². The summed E-state index contributed by atoms with van der Waals surface area (Å²) in [4.78, 5) is 0. The minimum absolute atomic E-state index is 0.137. The van der Waals surface area contributed by atoms with Crippen molar-refractivity contribution >= 4 is 31.5 Å². The third kappa shape index (κ3) is 3.94. The van der Waals surface area contributed by atoms with Gasteiger partial charge in [0.25, 0.3) is 0 Å². The standard InChI is InChI=1S/C13H18BrNO3S/c1-10-13(5-7-18-10)19(16,17)8-6-15-12-4-2-3-11(14)9-12/h2-4,9-10,13,15H,5-8H2,1H3. The molecule has 0 aliphatic carbocycles. The van der Waals surface area contributed by atoms with Crippen molar-refractivity contribution in [2.75, 3.05) is 24.2 Å². The first-order valence-corrected chi connectivity index (χ1v) is 8.82. The zero-order valence-corrected chi connectivity index (χ0v) is 13.2. The van der Waals surface area contributed by atoms with Crippen LogP contribution < -0.4 is 5.32 Å². The van der Waals surface area contributed by atoms with E-state index in [9.17, 15) is 8.42 Å². The molecule has 2 rings (SSSR count). The predicted molar refractivity (Wildman–Crippen MR) is 80.2 cm³/mol. The number of halogens is 1. The zero-order valence-electron chi connectivity index (χ0n) is 10.8. The van der Waals surface area contributed by atoms with Crippen LogP contribution in [0.1, 0.15) is 13.3 Å². The number of nitrogens with one attached hydrogen (secondary N) is 1. The molecule has 1 heterocycles. The molecule has 0 saturated carbocycles. The first-order valence-electron chi connectivity index (χ1n) is 6.31. The van der Waals surface area contributed by atoms with Crippen molar-refractivity contribution in [3.8, 4) is 0 Å². The molecule has 19 heavy (non-hydrogen) atoms. The van der Waals surface area contributed by atoms with Crippen LogP contribution in [0.15, 0.2) is 28.7 Å². The Bertz CT molecular complexity index is 532. The van der Waals surface area contributed by atoms with Gasteiger partial charge in [0.15, 0.2) is 9.84 Å². The number of hydrogen-bond donors (Lipinski definition) is 1. The van der Waals surface area contributed by atoms with E-state index in [-0.39, 0.29) is 17.1 Å². The Kier molecular flexibility index (Phi) is 4.86. The highest BCUT2D eigenvalue weighted by Crippen LogP contribution is 2.21. The van der Waals surface area contributed by atoms with Crippen LogP contribution in [0, 0.1) is 0 Å². The fraction of sp³-hybridized carbons (Fsp3) is 0.538. The Balaban J connectivity index is 1.88. The molecule has 0 aromatic heterocycles. The Morgan fingerprint density at radius 2 is 2.26 bits per heavy atom. The van der Waals surface area contributed by atoms with E-state index >= 15 is 0 Å². The maximum absolute atomic E-state index is 12.2. The SMILES string of the molecule is CC1OCCC1S(=O)(=O)CCNc1cccc(Br)c1. The van der Waals surface area contributed by atoms with Crippen molar-refractivity contribution < 1.29 is 13.2 Å². The summed E-state index contributed by atoms with van der Waals surface area (Å²) < 4.78 is 30.6. The second-order valence-electron chi connectivity index (χ2n) is 4.71. The van der Waals surface area contributed by atoms with Gasteiger partial charge in [0, 0.05) is 23.3 Å². The second kappa shape index (κ2) is 6.24. The fourth-order valence-corrected chi connectivity index (χ4v) is 4.48. The Labute approximate surface area is 122 Å². The van der Waals surface area contributed by atoms with Gasteiger partial charge >= 0.3 is 0 Å². The van der Waals surface area contributed by atoms with Crippen molar-refractivity contribution in [2.45, 2.75) is 24.7 Å². The van der Waals surface area contributed by atoms with Gasteiger partial charge in [-0.05, 0) is 31.5 Å². The number of benzene rings is 1. The zero-order chi connectivity index (χ0) is 13.9. The smallest absolute Gasteiger partial charge is 0.157 e. The third-order valence-electron chi connectivity index (χ3n) is 3.31. The minimum Gasteiger partial charge on any atom is -0.384 e. The van der Waals surface area contributed by atoms with E-state index < -0.39 is 9.84 Å².